The fourth-order valence-corrected chi connectivity index (χ4v) is 12.2. The highest BCUT2D eigenvalue weighted by Crippen LogP contribution is 2.63. The second-order valence-electron chi connectivity index (χ2n) is 19.6. The lowest BCUT2D eigenvalue weighted by atomic mass is 9.70. The summed E-state index contributed by atoms with van der Waals surface area (Å²) in [7, 11) is 0. The third-order valence-corrected chi connectivity index (χ3v) is 15.5. The fourth-order valence-electron chi connectivity index (χ4n) is 12.2. The molecule has 0 fully saturated rings. The monoisotopic (exact) mass is 954 g/mol. The van der Waals surface area contributed by atoms with Gasteiger partial charge >= 0.3 is 0 Å². The van der Waals surface area contributed by atoms with Crippen molar-refractivity contribution in [3.05, 3.63) is 326 Å². The number of fused-ring (bicyclic) bond motifs is 10. The van der Waals surface area contributed by atoms with Crippen molar-refractivity contribution in [1.82, 2.24) is 0 Å². The van der Waals surface area contributed by atoms with Gasteiger partial charge in [-0.1, -0.05) is 218 Å². The van der Waals surface area contributed by atoms with Crippen molar-refractivity contribution >= 4 is 34.1 Å². The minimum absolute atomic E-state index is 0.392. The van der Waals surface area contributed by atoms with Gasteiger partial charge in [0.05, 0.1) is 5.41 Å². The van der Waals surface area contributed by atoms with Crippen LogP contribution in [0.4, 0.5) is 34.1 Å². The van der Waals surface area contributed by atoms with Crippen LogP contribution in [0, 0.1) is 0 Å². The first-order valence-corrected chi connectivity index (χ1v) is 25.9. The van der Waals surface area contributed by atoms with E-state index in [9.17, 15) is 0 Å². The van der Waals surface area contributed by atoms with E-state index in [1.165, 1.54) is 77.9 Å². The molecule has 0 atom stereocenters. The van der Waals surface area contributed by atoms with E-state index in [2.05, 4.69) is 313 Å². The van der Waals surface area contributed by atoms with Crippen molar-refractivity contribution in [3.8, 4) is 66.8 Å². The number of anilines is 6. The summed E-state index contributed by atoms with van der Waals surface area (Å²) in [5.74, 6) is 0. The van der Waals surface area contributed by atoms with Crippen LogP contribution < -0.4 is 9.80 Å². The summed E-state index contributed by atoms with van der Waals surface area (Å²) in [6.45, 7) is 0. The Bertz CT molecular complexity index is 3940. The van der Waals surface area contributed by atoms with Crippen LogP contribution >= 0.6 is 0 Å². The van der Waals surface area contributed by atoms with E-state index in [4.69, 9.17) is 0 Å². The highest BCUT2D eigenvalue weighted by Gasteiger charge is 2.51. The standard InChI is InChI=1S/C73H50N2/c1-6-22-51(23-7-1)64-50-67(65(52-24-8-2-9-25-52)49-66(64)53-38-42-58(43-39-53)74(55-26-10-3-11-27-55)56-28-12-4-13-29-56)54-40-44-59(45-41-54)75(57-30-14-5-15-31-57)60-46-47-72-68(48-60)63-34-18-21-37-71(63)73(72)69-35-19-16-32-61(69)62-33-17-20-36-70(62)73/h1-50H. The second kappa shape index (κ2) is 18.4. The molecule has 2 heteroatoms. The van der Waals surface area contributed by atoms with Crippen LogP contribution in [0.3, 0.4) is 0 Å². The predicted octanol–water partition coefficient (Wildman–Crippen LogP) is 19.6. The van der Waals surface area contributed by atoms with Crippen molar-refractivity contribution in [2.75, 3.05) is 9.80 Å². The Hall–Kier alpha value is -9.76. The maximum absolute atomic E-state index is 2.43. The third kappa shape index (κ3) is 7.33. The SMILES string of the molecule is c1ccc(-c2cc(-c3ccc(N(c4ccccc4)c4ccc5c(c4)-c4ccccc4C54c5ccccc5-c5ccccc54)cc3)c(-c3ccccc3)cc2-c2ccc(N(c3ccccc3)c3ccccc3)cc2)cc1. The smallest absolute Gasteiger partial charge is 0.0725 e. The maximum atomic E-state index is 2.43. The Morgan fingerprint density at radius 1 is 0.173 bits per heavy atom. The average molecular weight is 955 g/mol. The van der Waals surface area contributed by atoms with E-state index in [1.54, 1.807) is 0 Å². The summed E-state index contributed by atoms with van der Waals surface area (Å²) in [5, 5.41) is 0. The number of nitrogens with zero attached hydrogens (tertiary/aromatic N) is 2. The van der Waals surface area contributed by atoms with Crippen molar-refractivity contribution in [2.24, 2.45) is 0 Å². The molecule has 0 aliphatic heterocycles. The van der Waals surface area contributed by atoms with E-state index in [0.29, 0.717) is 0 Å². The van der Waals surface area contributed by atoms with Gasteiger partial charge in [0.15, 0.2) is 0 Å². The molecule has 0 heterocycles. The lowest BCUT2D eigenvalue weighted by Crippen LogP contribution is -2.25. The Kier molecular flexibility index (Phi) is 10.8. The Morgan fingerprint density at radius 3 is 0.827 bits per heavy atom. The van der Waals surface area contributed by atoms with Crippen molar-refractivity contribution in [2.45, 2.75) is 5.41 Å². The van der Waals surface area contributed by atoms with Crippen molar-refractivity contribution < 1.29 is 0 Å². The van der Waals surface area contributed by atoms with E-state index in [1.807, 2.05) is 0 Å². The Balaban J connectivity index is 0.891. The molecule has 2 aliphatic rings. The van der Waals surface area contributed by atoms with E-state index in [0.717, 1.165) is 45.3 Å². The summed E-state index contributed by atoms with van der Waals surface area (Å²) >= 11 is 0. The van der Waals surface area contributed by atoms with E-state index >= 15 is 0 Å². The molecule has 0 amide bonds. The van der Waals surface area contributed by atoms with Gasteiger partial charge in [-0.2, -0.15) is 0 Å². The third-order valence-electron chi connectivity index (χ3n) is 15.5. The quantitative estimate of drug-likeness (QED) is 0.135. The van der Waals surface area contributed by atoms with Crippen LogP contribution in [-0.4, -0.2) is 0 Å². The van der Waals surface area contributed by atoms with E-state index in [-0.39, 0.29) is 0 Å². The number of hydrogen-bond acceptors (Lipinski definition) is 2. The average Bonchev–Trinajstić information content (AvgIpc) is 4.08. The summed E-state index contributed by atoms with van der Waals surface area (Å²) in [4.78, 5) is 4.72. The highest BCUT2D eigenvalue weighted by atomic mass is 15.1. The minimum atomic E-state index is -0.392. The van der Waals surface area contributed by atoms with Crippen LogP contribution in [0.1, 0.15) is 22.3 Å². The van der Waals surface area contributed by atoms with Gasteiger partial charge < -0.3 is 9.80 Å². The molecule has 0 unspecified atom stereocenters. The normalized spacial score (nSPS) is 12.4. The van der Waals surface area contributed by atoms with Gasteiger partial charge in [-0.15, -0.1) is 0 Å². The first-order chi connectivity index (χ1) is 37.2. The molecule has 0 bridgehead atoms. The number of rotatable bonds is 10. The van der Waals surface area contributed by atoms with Crippen LogP contribution in [0.2, 0.25) is 0 Å². The molecular weight excluding hydrogens is 905 g/mol. The Morgan fingerprint density at radius 2 is 0.440 bits per heavy atom. The number of para-hydroxylation sites is 3. The molecule has 0 saturated heterocycles. The van der Waals surface area contributed by atoms with Crippen LogP contribution in [0.25, 0.3) is 66.8 Å². The summed E-state index contributed by atoms with van der Waals surface area (Å²) in [5.41, 5.74) is 26.2. The number of benzene rings is 12. The first kappa shape index (κ1) is 44.0. The summed E-state index contributed by atoms with van der Waals surface area (Å²) in [6, 6.07) is 111. The molecule has 0 radical (unpaired) electrons. The van der Waals surface area contributed by atoms with Crippen molar-refractivity contribution in [1.29, 1.82) is 0 Å². The van der Waals surface area contributed by atoms with Gasteiger partial charge in [0.2, 0.25) is 0 Å². The summed E-state index contributed by atoms with van der Waals surface area (Å²) < 4.78 is 0. The number of hydrogen-bond donors (Lipinski definition) is 0. The largest absolute Gasteiger partial charge is 0.311 e. The van der Waals surface area contributed by atoms with Gasteiger partial charge in [-0.25, -0.2) is 0 Å². The zero-order chi connectivity index (χ0) is 49.7. The zero-order valence-electron chi connectivity index (χ0n) is 41.3. The molecule has 12 aromatic rings. The van der Waals surface area contributed by atoms with Gasteiger partial charge in [-0.05, 0) is 174 Å². The first-order valence-electron chi connectivity index (χ1n) is 25.9. The molecule has 12 aromatic carbocycles. The molecule has 352 valence electrons. The van der Waals surface area contributed by atoms with Gasteiger partial charge in [0, 0.05) is 34.1 Å². The zero-order valence-corrected chi connectivity index (χ0v) is 41.3. The van der Waals surface area contributed by atoms with Crippen LogP contribution in [0.5, 0.6) is 0 Å². The van der Waals surface area contributed by atoms with Gasteiger partial charge in [0.1, 0.15) is 0 Å². The lowest BCUT2D eigenvalue weighted by molar-refractivity contribution is 0.794. The van der Waals surface area contributed by atoms with Crippen LogP contribution in [0.15, 0.2) is 303 Å². The molecule has 2 aliphatic carbocycles. The molecule has 1 spiro atoms. The Labute approximate surface area is 439 Å². The maximum Gasteiger partial charge on any atom is 0.0725 e. The topological polar surface area (TPSA) is 6.48 Å². The lowest BCUT2D eigenvalue weighted by Gasteiger charge is -2.31. The predicted molar refractivity (Wildman–Crippen MR) is 314 cm³/mol. The minimum Gasteiger partial charge on any atom is -0.311 e. The van der Waals surface area contributed by atoms with Crippen molar-refractivity contribution in [3.63, 3.8) is 0 Å². The second-order valence-corrected chi connectivity index (χ2v) is 19.6. The van der Waals surface area contributed by atoms with Crippen LogP contribution in [-0.2, 0) is 5.41 Å². The van der Waals surface area contributed by atoms with Gasteiger partial charge in [-0.3, -0.25) is 0 Å². The van der Waals surface area contributed by atoms with E-state index < -0.39 is 5.41 Å². The fraction of sp³-hybridized carbons (Fsp3) is 0.0137. The molecule has 0 N–H and O–H groups in total. The highest BCUT2D eigenvalue weighted by molar-refractivity contribution is 5.98. The van der Waals surface area contributed by atoms with Gasteiger partial charge in [0.25, 0.3) is 0 Å². The molecule has 0 saturated carbocycles. The molecule has 14 rings (SSSR count). The summed E-state index contributed by atoms with van der Waals surface area (Å²) in [6.07, 6.45) is 0. The molecular formula is C73H50N2. The molecule has 75 heavy (non-hydrogen) atoms. The molecule has 0 aromatic heterocycles. The molecule has 2 nitrogen and oxygen atoms in total.